The summed E-state index contributed by atoms with van der Waals surface area (Å²) in [5, 5.41) is 8.87. The molecule has 0 spiro atoms. The van der Waals surface area contributed by atoms with E-state index in [1.54, 1.807) is 0 Å². The Hall–Kier alpha value is -2.31. The van der Waals surface area contributed by atoms with E-state index in [9.17, 15) is 4.79 Å². The van der Waals surface area contributed by atoms with Gasteiger partial charge in [0.15, 0.2) is 0 Å². The Bertz CT molecular complexity index is 755. The maximum Gasteiger partial charge on any atom is 0.272 e. The van der Waals surface area contributed by atoms with E-state index in [4.69, 9.17) is 9.84 Å². The minimum atomic E-state index is -0.460. The number of likely N-dealkylation sites (N-methyl/N-ethyl adjacent to an activating group) is 1. The molecule has 1 aromatic carbocycles. The third-order valence-electron chi connectivity index (χ3n) is 5.10. The summed E-state index contributed by atoms with van der Waals surface area (Å²) in [5.74, 6) is 0.802. The van der Waals surface area contributed by atoms with Crippen LogP contribution in [0.25, 0.3) is 0 Å². The third kappa shape index (κ3) is 2.07. The first-order valence-electron chi connectivity index (χ1n) is 8.19. The van der Waals surface area contributed by atoms with Crippen LogP contribution in [0.1, 0.15) is 16.1 Å². The molecule has 6 heteroatoms. The standard InChI is InChI=1S/C18H21N3O3/c1-19-9-10-21-17(23)16-3-2-8-20(16)13-18(19,21)14-4-6-15(7-5-14)24-12-11-22/h2-8,22H,9-13H2,1H3. The van der Waals surface area contributed by atoms with Crippen LogP contribution in [0, 0.1) is 0 Å². The third-order valence-corrected chi connectivity index (χ3v) is 5.10. The number of hydrogen-bond donors (Lipinski definition) is 1. The van der Waals surface area contributed by atoms with Crippen LogP contribution in [0.4, 0.5) is 0 Å². The van der Waals surface area contributed by atoms with Gasteiger partial charge in [0.2, 0.25) is 0 Å². The molecule has 0 bridgehead atoms. The lowest BCUT2D eigenvalue weighted by atomic mass is 9.94. The van der Waals surface area contributed by atoms with Crippen LogP contribution in [0.5, 0.6) is 5.75 Å². The van der Waals surface area contributed by atoms with Gasteiger partial charge in [-0.15, -0.1) is 0 Å². The summed E-state index contributed by atoms with van der Waals surface area (Å²) in [6.45, 7) is 2.56. The van der Waals surface area contributed by atoms with Crippen molar-refractivity contribution in [3.05, 3.63) is 53.9 Å². The number of aliphatic hydroxyl groups is 1. The van der Waals surface area contributed by atoms with Crippen molar-refractivity contribution in [2.45, 2.75) is 12.2 Å². The van der Waals surface area contributed by atoms with Crippen molar-refractivity contribution in [3.63, 3.8) is 0 Å². The number of fused-ring (bicyclic) bond motifs is 2. The highest BCUT2D eigenvalue weighted by Crippen LogP contribution is 2.42. The monoisotopic (exact) mass is 327 g/mol. The number of amides is 1. The average molecular weight is 327 g/mol. The number of benzene rings is 1. The van der Waals surface area contributed by atoms with Crippen molar-refractivity contribution < 1.29 is 14.6 Å². The van der Waals surface area contributed by atoms with E-state index in [-0.39, 0.29) is 19.1 Å². The van der Waals surface area contributed by atoms with E-state index in [1.165, 1.54) is 0 Å². The summed E-state index contributed by atoms with van der Waals surface area (Å²) in [5.41, 5.74) is 1.37. The molecule has 3 heterocycles. The van der Waals surface area contributed by atoms with Crippen molar-refractivity contribution in [2.24, 2.45) is 0 Å². The van der Waals surface area contributed by atoms with Gasteiger partial charge in [0.05, 0.1) is 13.2 Å². The summed E-state index contributed by atoms with van der Waals surface area (Å²) in [4.78, 5) is 17.1. The molecule has 1 atom stereocenters. The molecule has 1 unspecified atom stereocenters. The van der Waals surface area contributed by atoms with Crippen LogP contribution in [0.15, 0.2) is 42.6 Å². The molecular weight excluding hydrogens is 306 g/mol. The number of hydrogen-bond acceptors (Lipinski definition) is 4. The maximum absolute atomic E-state index is 12.9. The zero-order valence-electron chi connectivity index (χ0n) is 13.7. The van der Waals surface area contributed by atoms with Crippen LogP contribution in [0.2, 0.25) is 0 Å². The molecule has 2 aromatic rings. The summed E-state index contributed by atoms with van der Waals surface area (Å²) in [7, 11) is 2.07. The first kappa shape index (κ1) is 15.2. The van der Waals surface area contributed by atoms with E-state index in [0.29, 0.717) is 6.54 Å². The lowest BCUT2D eigenvalue weighted by molar-refractivity contribution is -0.00126. The van der Waals surface area contributed by atoms with Gasteiger partial charge in [-0.1, -0.05) is 12.1 Å². The number of aliphatic hydroxyl groups excluding tert-OH is 1. The lowest BCUT2D eigenvalue weighted by Gasteiger charge is -2.46. The highest BCUT2D eigenvalue weighted by molar-refractivity contribution is 5.94. The number of ether oxygens (including phenoxy) is 1. The molecule has 1 aromatic heterocycles. The molecule has 2 aliphatic heterocycles. The topological polar surface area (TPSA) is 57.9 Å². The van der Waals surface area contributed by atoms with Crippen molar-refractivity contribution >= 4 is 5.91 Å². The van der Waals surface area contributed by atoms with Gasteiger partial charge in [-0.2, -0.15) is 0 Å². The Balaban J connectivity index is 1.75. The summed E-state index contributed by atoms with van der Waals surface area (Å²) in [6, 6.07) is 11.7. The van der Waals surface area contributed by atoms with Gasteiger partial charge in [-0.3, -0.25) is 9.69 Å². The number of rotatable bonds is 4. The molecule has 0 radical (unpaired) electrons. The number of carbonyl (C=O) groups excluding carboxylic acids is 1. The Morgan fingerprint density at radius 3 is 2.75 bits per heavy atom. The van der Waals surface area contributed by atoms with Crippen LogP contribution in [-0.2, 0) is 12.2 Å². The Kier molecular flexibility index (Phi) is 3.58. The Labute approximate surface area is 140 Å². The summed E-state index contributed by atoms with van der Waals surface area (Å²) in [6.07, 6.45) is 1.97. The van der Waals surface area contributed by atoms with Crippen molar-refractivity contribution in [1.82, 2.24) is 14.4 Å². The fourth-order valence-electron chi connectivity index (χ4n) is 3.87. The van der Waals surface area contributed by atoms with Gasteiger partial charge >= 0.3 is 0 Å². The van der Waals surface area contributed by atoms with E-state index in [2.05, 4.69) is 11.9 Å². The quantitative estimate of drug-likeness (QED) is 0.914. The second-order valence-corrected chi connectivity index (χ2v) is 6.31. The molecule has 126 valence electrons. The molecule has 1 amide bonds. The summed E-state index contributed by atoms with van der Waals surface area (Å²) >= 11 is 0. The molecule has 1 saturated heterocycles. The SMILES string of the molecule is CN1CCN2C(=O)c3cccn3CC12c1ccc(OCCO)cc1. The van der Waals surface area contributed by atoms with Gasteiger partial charge in [0.1, 0.15) is 23.7 Å². The van der Waals surface area contributed by atoms with E-state index in [0.717, 1.165) is 30.1 Å². The largest absolute Gasteiger partial charge is 0.491 e. The van der Waals surface area contributed by atoms with E-state index >= 15 is 0 Å². The highest BCUT2D eigenvalue weighted by atomic mass is 16.5. The number of nitrogens with zero attached hydrogens (tertiary/aromatic N) is 3. The second kappa shape index (κ2) is 5.65. The lowest BCUT2D eigenvalue weighted by Crippen LogP contribution is -2.57. The molecule has 0 saturated carbocycles. The smallest absolute Gasteiger partial charge is 0.272 e. The highest BCUT2D eigenvalue weighted by Gasteiger charge is 2.52. The number of aromatic nitrogens is 1. The van der Waals surface area contributed by atoms with Crippen molar-refractivity contribution in [2.75, 3.05) is 33.4 Å². The van der Waals surface area contributed by atoms with Gasteiger partial charge in [0, 0.05) is 19.3 Å². The fraction of sp³-hybridized carbons (Fsp3) is 0.389. The van der Waals surface area contributed by atoms with Crippen molar-refractivity contribution in [3.8, 4) is 5.75 Å². The molecule has 2 aliphatic rings. The molecule has 6 nitrogen and oxygen atoms in total. The van der Waals surface area contributed by atoms with Gasteiger partial charge in [-0.25, -0.2) is 0 Å². The average Bonchev–Trinajstić information content (AvgIpc) is 3.20. The van der Waals surface area contributed by atoms with E-state index in [1.807, 2.05) is 52.1 Å². The molecular formula is C18H21N3O3. The fourth-order valence-corrected chi connectivity index (χ4v) is 3.87. The second-order valence-electron chi connectivity index (χ2n) is 6.31. The first-order chi connectivity index (χ1) is 11.7. The van der Waals surface area contributed by atoms with Gasteiger partial charge < -0.3 is 19.3 Å². The van der Waals surface area contributed by atoms with Crippen LogP contribution >= 0.6 is 0 Å². The Morgan fingerprint density at radius 1 is 1.21 bits per heavy atom. The predicted octanol–water partition coefficient (Wildman–Crippen LogP) is 1.11. The van der Waals surface area contributed by atoms with Crippen LogP contribution in [0.3, 0.4) is 0 Å². The minimum absolute atomic E-state index is 0.00683. The normalized spacial score (nSPS) is 23.2. The van der Waals surface area contributed by atoms with E-state index < -0.39 is 5.66 Å². The van der Waals surface area contributed by atoms with Gasteiger partial charge in [0.25, 0.3) is 5.91 Å². The molecule has 24 heavy (non-hydrogen) atoms. The molecule has 1 N–H and O–H groups in total. The zero-order chi connectivity index (χ0) is 16.7. The van der Waals surface area contributed by atoms with Crippen LogP contribution < -0.4 is 4.74 Å². The minimum Gasteiger partial charge on any atom is -0.491 e. The predicted molar refractivity (Wildman–Crippen MR) is 88.8 cm³/mol. The van der Waals surface area contributed by atoms with Crippen molar-refractivity contribution in [1.29, 1.82) is 0 Å². The zero-order valence-corrected chi connectivity index (χ0v) is 13.7. The molecule has 1 fully saturated rings. The van der Waals surface area contributed by atoms with Crippen LogP contribution in [-0.4, -0.2) is 58.7 Å². The molecule has 0 aliphatic carbocycles. The number of carbonyl (C=O) groups is 1. The summed E-state index contributed by atoms with van der Waals surface area (Å²) < 4.78 is 7.49. The maximum atomic E-state index is 12.9. The van der Waals surface area contributed by atoms with Gasteiger partial charge in [-0.05, 0) is 36.9 Å². The molecule has 4 rings (SSSR count). The first-order valence-corrected chi connectivity index (χ1v) is 8.19. The Morgan fingerprint density at radius 2 is 2.00 bits per heavy atom.